The summed E-state index contributed by atoms with van der Waals surface area (Å²) >= 11 is 0. The van der Waals surface area contributed by atoms with Crippen LogP contribution in [0.3, 0.4) is 0 Å². The molecule has 252 valence electrons. The van der Waals surface area contributed by atoms with Gasteiger partial charge in [-0.2, -0.15) is 0 Å². The quantitative estimate of drug-likeness (QED) is 0.0310. The van der Waals surface area contributed by atoms with Gasteiger partial charge in [0.05, 0.1) is 0 Å². The van der Waals surface area contributed by atoms with Crippen molar-refractivity contribution >= 4 is 41.0 Å². The molecule has 0 aromatic heterocycles. The van der Waals surface area contributed by atoms with Crippen molar-refractivity contribution in [3.63, 3.8) is 0 Å². The predicted octanol–water partition coefficient (Wildman–Crippen LogP) is 9.51. The Morgan fingerprint density at radius 2 is 1.22 bits per heavy atom. The van der Waals surface area contributed by atoms with Gasteiger partial charge in [0.2, 0.25) is 24.0 Å². The number of ketones is 1. The van der Waals surface area contributed by atoms with Crippen LogP contribution < -0.4 is 5.30 Å². The number of fused-ring (bicyclic) bond motifs is 3. The average Bonchev–Trinajstić information content (AvgIpc) is 3.42. The summed E-state index contributed by atoms with van der Waals surface area (Å²) in [7, 11) is -4.31. The SMILES string of the molecule is CCCCCC/C(=N\OC(C)=O)C(=O)c1ccc2c(c1)-c1cc(C(=O)P(=O)(C(=O)c3ccccc3)c3ccccc3)ccc1C2(CC)CC. The Balaban J connectivity index is 1.62. The van der Waals surface area contributed by atoms with Crippen molar-refractivity contribution in [3.05, 3.63) is 125 Å². The van der Waals surface area contributed by atoms with Crippen LogP contribution in [0, 0.1) is 0 Å². The van der Waals surface area contributed by atoms with E-state index in [0.29, 0.717) is 12.0 Å². The molecular formula is C41H42NO6P. The van der Waals surface area contributed by atoms with Gasteiger partial charge in [-0.25, -0.2) is 4.79 Å². The number of hydrogen-bond donors (Lipinski definition) is 0. The predicted molar refractivity (Wildman–Crippen MR) is 194 cm³/mol. The zero-order valence-electron chi connectivity index (χ0n) is 28.5. The molecule has 0 fully saturated rings. The third kappa shape index (κ3) is 6.78. The number of Topliss-reactive ketones (excluding diaryl/α,β-unsaturated/α-hetero) is 1. The fourth-order valence-corrected chi connectivity index (χ4v) is 9.18. The third-order valence-electron chi connectivity index (χ3n) is 9.60. The lowest BCUT2D eigenvalue weighted by Crippen LogP contribution is -2.23. The number of unbranched alkanes of at least 4 members (excludes halogenated alkanes) is 3. The Labute approximate surface area is 288 Å². The second-order valence-electron chi connectivity index (χ2n) is 12.5. The molecule has 7 nitrogen and oxygen atoms in total. The van der Waals surface area contributed by atoms with E-state index >= 15 is 0 Å². The van der Waals surface area contributed by atoms with E-state index in [2.05, 4.69) is 25.9 Å². The van der Waals surface area contributed by atoms with Gasteiger partial charge in [-0.15, -0.1) is 0 Å². The van der Waals surface area contributed by atoms with Gasteiger partial charge in [-0.1, -0.05) is 130 Å². The molecule has 5 rings (SSSR count). The standard InChI is InChI=1S/C41H42NO6P/c1-5-8-9-16-21-37(42-48-28(4)43)38(44)30-22-24-35-33(26-30)34-27-31(23-25-36(34)41(35,6-2)7-3)40(46)49(47,32-19-14-11-15-20-32)39(45)29-17-12-10-13-18-29/h10-15,17-20,22-27H,5-9,16,21H2,1-4H3/b42-37+. The second-order valence-corrected chi connectivity index (χ2v) is 15.0. The van der Waals surface area contributed by atoms with Crippen LogP contribution in [-0.4, -0.2) is 28.5 Å². The Morgan fingerprint density at radius 3 is 1.80 bits per heavy atom. The Bertz CT molecular complexity index is 1960. The number of carbonyl (C=O) groups is 4. The van der Waals surface area contributed by atoms with E-state index in [9.17, 15) is 23.7 Å². The first-order chi connectivity index (χ1) is 23.6. The molecule has 4 aromatic carbocycles. The third-order valence-corrected chi connectivity index (χ3v) is 12.3. The van der Waals surface area contributed by atoms with E-state index in [1.54, 1.807) is 78.9 Å². The lowest BCUT2D eigenvalue weighted by atomic mass is 9.73. The van der Waals surface area contributed by atoms with Gasteiger partial charge >= 0.3 is 5.97 Å². The molecule has 8 heteroatoms. The molecule has 1 unspecified atom stereocenters. The van der Waals surface area contributed by atoms with Crippen LogP contribution in [0.4, 0.5) is 0 Å². The number of oxime groups is 1. The molecule has 1 atom stereocenters. The van der Waals surface area contributed by atoms with Crippen molar-refractivity contribution in [3.8, 4) is 11.1 Å². The fraction of sp³-hybridized carbons (Fsp3) is 0.293. The summed E-state index contributed by atoms with van der Waals surface area (Å²) in [4.78, 5) is 58.7. The molecule has 0 bridgehead atoms. The van der Waals surface area contributed by atoms with Crippen molar-refractivity contribution in [2.75, 3.05) is 0 Å². The molecule has 0 amide bonds. The summed E-state index contributed by atoms with van der Waals surface area (Å²) in [5.74, 6) is -0.935. The molecular weight excluding hydrogens is 633 g/mol. The highest BCUT2D eigenvalue weighted by atomic mass is 31.2. The molecule has 1 aliphatic rings. The highest BCUT2D eigenvalue weighted by molar-refractivity contribution is 8.01. The van der Waals surface area contributed by atoms with E-state index in [1.807, 2.05) is 18.2 Å². The number of rotatable bonds is 15. The molecule has 0 saturated carbocycles. The van der Waals surface area contributed by atoms with Crippen molar-refractivity contribution < 1.29 is 28.6 Å². The highest BCUT2D eigenvalue weighted by Crippen LogP contribution is 2.55. The van der Waals surface area contributed by atoms with Crippen LogP contribution in [0.2, 0.25) is 0 Å². The van der Waals surface area contributed by atoms with Crippen LogP contribution in [0.15, 0.2) is 102 Å². The first-order valence-corrected chi connectivity index (χ1v) is 18.7. The average molecular weight is 676 g/mol. The molecule has 0 saturated heterocycles. The van der Waals surface area contributed by atoms with Crippen LogP contribution >= 0.6 is 7.14 Å². The molecule has 0 heterocycles. The van der Waals surface area contributed by atoms with Crippen molar-refractivity contribution in [1.82, 2.24) is 0 Å². The monoisotopic (exact) mass is 675 g/mol. The lowest BCUT2D eigenvalue weighted by molar-refractivity contribution is -0.140. The normalized spacial score (nSPS) is 14.3. The van der Waals surface area contributed by atoms with Crippen molar-refractivity contribution in [2.45, 2.75) is 78.1 Å². The fourth-order valence-electron chi connectivity index (χ4n) is 6.91. The minimum Gasteiger partial charge on any atom is -0.318 e. The van der Waals surface area contributed by atoms with Gasteiger partial charge < -0.3 is 9.40 Å². The van der Waals surface area contributed by atoms with Gasteiger partial charge in [-0.3, -0.25) is 14.4 Å². The minimum atomic E-state index is -4.31. The van der Waals surface area contributed by atoms with E-state index in [-0.39, 0.29) is 33.3 Å². The number of nitrogens with zero attached hydrogens (tertiary/aromatic N) is 1. The second kappa shape index (κ2) is 15.2. The summed E-state index contributed by atoms with van der Waals surface area (Å²) in [6.45, 7) is 7.58. The van der Waals surface area contributed by atoms with Gasteiger partial charge in [0.15, 0.2) is 0 Å². The number of hydrogen-bond acceptors (Lipinski definition) is 7. The summed E-state index contributed by atoms with van der Waals surface area (Å²) in [6.07, 6.45) is 5.64. The molecule has 0 aliphatic heterocycles. The van der Waals surface area contributed by atoms with Crippen molar-refractivity contribution in [1.29, 1.82) is 0 Å². The van der Waals surface area contributed by atoms with E-state index < -0.39 is 24.2 Å². The molecule has 0 spiro atoms. The van der Waals surface area contributed by atoms with Gasteiger partial charge in [0, 0.05) is 34.3 Å². The van der Waals surface area contributed by atoms with Gasteiger partial charge in [0.25, 0.3) is 0 Å². The van der Waals surface area contributed by atoms with Crippen LogP contribution in [0.5, 0.6) is 0 Å². The first-order valence-electron chi connectivity index (χ1n) is 17.0. The van der Waals surface area contributed by atoms with Gasteiger partial charge in [-0.05, 0) is 60.1 Å². The largest absolute Gasteiger partial charge is 0.331 e. The minimum absolute atomic E-state index is 0.161. The molecule has 0 radical (unpaired) electrons. The zero-order valence-corrected chi connectivity index (χ0v) is 29.4. The van der Waals surface area contributed by atoms with Gasteiger partial charge in [0.1, 0.15) is 5.71 Å². The maximum Gasteiger partial charge on any atom is 0.331 e. The summed E-state index contributed by atoms with van der Waals surface area (Å²) < 4.78 is 14.9. The summed E-state index contributed by atoms with van der Waals surface area (Å²) in [5.41, 5.74) is 2.69. The van der Waals surface area contributed by atoms with E-state index in [0.717, 1.165) is 60.8 Å². The van der Waals surface area contributed by atoms with Crippen LogP contribution in [0.25, 0.3) is 11.1 Å². The Kier molecular flexibility index (Phi) is 11.0. The van der Waals surface area contributed by atoms with E-state index in [4.69, 9.17) is 4.84 Å². The number of carbonyl (C=O) groups excluding carboxylic acids is 4. The van der Waals surface area contributed by atoms with Crippen LogP contribution in [0.1, 0.15) is 115 Å². The maximum atomic E-state index is 14.9. The maximum absolute atomic E-state index is 14.9. The molecule has 49 heavy (non-hydrogen) atoms. The summed E-state index contributed by atoms with van der Waals surface area (Å²) in [6, 6.07) is 27.4. The van der Waals surface area contributed by atoms with E-state index in [1.165, 1.54) is 6.92 Å². The Hall–Kier alpha value is -4.74. The van der Waals surface area contributed by atoms with Crippen molar-refractivity contribution in [2.24, 2.45) is 5.16 Å². The zero-order chi connectivity index (χ0) is 35.2. The lowest BCUT2D eigenvalue weighted by Gasteiger charge is -2.29. The smallest absolute Gasteiger partial charge is 0.318 e. The Morgan fingerprint density at radius 1 is 0.673 bits per heavy atom. The summed E-state index contributed by atoms with van der Waals surface area (Å²) in [5, 5.41) is 4.12. The molecule has 1 aliphatic carbocycles. The molecule has 0 N–H and O–H groups in total. The topological polar surface area (TPSA) is 107 Å². The van der Waals surface area contributed by atoms with Crippen LogP contribution in [-0.2, 0) is 19.6 Å². The first kappa shape index (κ1) is 35.6. The molecule has 4 aromatic rings. The number of benzene rings is 4. The highest BCUT2D eigenvalue weighted by Gasteiger charge is 2.45.